The molecule has 0 heterocycles. The van der Waals surface area contributed by atoms with Crippen molar-refractivity contribution in [3.8, 4) is 11.5 Å². The minimum absolute atomic E-state index is 0.123. The molecular formula is C23H25F3O3. The minimum atomic E-state index is -3.10. The Labute approximate surface area is 168 Å². The van der Waals surface area contributed by atoms with E-state index in [4.69, 9.17) is 4.74 Å². The average Bonchev–Trinajstić information content (AvgIpc) is 2.70. The van der Waals surface area contributed by atoms with Crippen molar-refractivity contribution >= 4 is 16.7 Å². The number of halogens is 3. The van der Waals surface area contributed by atoms with E-state index in [1.54, 1.807) is 0 Å². The summed E-state index contributed by atoms with van der Waals surface area (Å²) in [7, 11) is 0. The van der Waals surface area contributed by atoms with Crippen LogP contribution in [0.5, 0.6) is 11.5 Å². The molecule has 0 unspecified atom stereocenters. The molecule has 0 bridgehead atoms. The van der Waals surface area contributed by atoms with Gasteiger partial charge in [-0.2, -0.15) is 8.78 Å². The first-order chi connectivity index (χ1) is 14.0. The number of ether oxygens (including phenoxy) is 2. The van der Waals surface area contributed by atoms with Crippen LogP contribution in [0.1, 0.15) is 45.4 Å². The van der Waals surface area contributed by atoms with E-state index in [0.717, 1.165) is 44.6 Å². The molecule has 0 aromatic heterocycles. The molecule has 1 aliphatic carbocycles. The van der Waals surface area contributed by atoms with Gasteiger partial charge in [0.15, 0.2) is 11.6 Å². The van der Waals surface area contributed by atoms with E-state index < -0.39 is 18.2 Å². The summed E-state index contributed by atoms with van der Waals surface area (Å²) in [5, 5.41) is 0.576. The molecule has 1 saturated carbocycles. The summed E-state index contributed by atoms with van der Waals surface area (Å²) in [4.78, 5) is 12.5. The Balaban J connectivity index is 1.61. The SMILES string of the molecule is C/C=C/CCC1CCC(C(=O)Oc2ccc3c(F)c(OC(F)F)ccc3c2)CC1. The molecule has 0 amide bonds. The first-order valence-electron chi connectivity index (χ1n) is 9.98. The second kappa shape index (κ2) is 9.81. The molecule has 3 rings (SSSR count). The van der Waals surface area contributed by atoms with E-state index in [1.165, 1.54) is 24.3 Å². The smallest absolute Gasteiger partial charge is 0.387 e. The summed E-state index contributed by atoms with van der Waals surface area (Å²) in [6, 6.07) is 7.01. The highest BCUT2D eigenvalue weighted by Crippen LogP contribution is 2.34. The standard InChI is InChI=1S/C23H25F3O3/c1-2-3-4-5-15-6-8-16(9-7-15)22(27)28-18-11-12-19-17(14-18)10-13-20(21(19)24)29-23(25)26/h2-3,10-16,23H,4-9H2,1H3/b3-2+. The third-order valence-corrected chi connectivity index (χ3v) is 5.48. The molecule has 2 aromatic rings. The summed E-state index contributed by atoms with van der Waals surface area (Å²) < 4.78 is 48.6. The molecule has 0 N–H and O–H groups in total. The van der Waals surface area contributed by atoms with Crippen LogP contribution in [0.25, 0.3) is 10.8 Å². The zero-order valence-electron chi connectivity index (χ0n) is 16.4. The van der Waals surface area contributed by atoms with Gasteiger partial charge >= 0.3 is 12.6 Å². The molecule has 0 spiro atoms. The van der Waals surface area contributed by atoms with Gasteiger partial charge in [0.25, 0.3) is 0 Å². The van der Waals surface area contributed by atoms with E-state index in [-0.39, 0.29) is 17.3 Å². The molecule has 6 heteroatoms. The van der Waals surface area contributed by atoms with Gasteiger partial charge in [0.2, 0.25) is 0 Å². The van der Waals surface area contributed by atoms with E-state index in [9.17, 15) is 18.0 Å². The Morgan fingerprint density at radius 2 is 1.93 bits per heavy atom. The summed E-state index contributed by atoms with van der Waals surface area (Å²) in [6.07, 6.45) is 10.1. The minimum Gasteiger partial charge on any atom is -0.432 e. The number of fused-ring (bicyclic) bond motifs is 1. The quantitative estimate of drug-likeness (QED) is 0.293. The fourth-order valence-corrected chi connectivity index (χ4v) is 3.89. The largest absolute Gasteiger partial charge is 0.432 e. The van der Waals surface area contributed by atoms with Gasteiger partial charge in [0.05, 0.1) is 5.92 Å². The fourth-order valence-electron chi connectivity index (χ4n) is 3.89. The van der Waals surface area contributed by atoms with Gasteiger partial charge in [-0.05, 0) is 81.0 Å². The Morgan fingerprint density at radius 1 is 1.17 bits per heavy atom. The van der Waals surface area contributed by atoms with Crippen molar-refractivity contribution < 1.29 is 27.4 Å². The number of benzene rings is 2. The lowest BCUT2D eigenvalue weighted by atomic mass is 9.80. The normalized spacial score (nSPS) is 19.8. The molecule has 3 nitrogen and oxygen atoms in total. The van der Waals surface area contributed by atoms with Crippen molar-refractivity contribution in [1.82, 2.24) is 0 Å². The summed E-state index contributed by atoms with van der Waals surface area (Å²) >= 11 is 0. The van der Waals surface area contributed by atoms with Crippen LogP contribution >= 0.6 is 0 Å². The van der Waals surface area contributed by atoms with Crippen LogP contribution in [-0.4, -0.2) is 12.6 Å². The lowest BCUT2D eigenvalue weighted by molar-refractivity contribution is -0.140. The molecule has 0 atom stereocenters. The molecular weight excluding hydrogens is 381 g/mol. The molecule has 1 aliphatic rings. The Bertz CT molecular complexity index is 871. The van der Waals surface area contributed by atoms with Crippen molar-refractivity contribution in [2.75, 3.05) is 0 Å². The zero-order chi connectivity index (χ0) is 20.8. The van der Waals surface area contributed by atoms with Gasteiger partial charge in [0.1, 0.15) is 5.75 Å². The number of alkyl halides is 2. The van der Waals surface area contributed by atoms with Crippen molar-refractivity contribution in [2.24, 2.45) is 11.8 Å². The Hall–Kier alpha value is -2.50. The predicted octanol–water partition coefficient (Wildman–Crippen LogP) is 6.65. The number of carbonyl (C=O) groups is 1. The maximum absolute atomic E-state index is 14.3. The second-order valence-corrected chi connectivity index (χ2v) is 7.42. The van der Waals surface area contributed by atoms with Crippen LogP contribution < -0.4 is 9.47 Å². The predicted molar refractivity (Wildman–Crippen MR) is 106 cm³/mol. The number of esters is 1. The van der Waals surface area contributed by atoms with Crippen molar-refractivity contribution in [2.45, 2.75) is 52.1 Å². The van der Waals surface area contributed by atoms with Gasteiger partial charge in [-0.3, -0.25) is 4.79 Å². The topological polar surface area (TPSA) is 35.5 Å². The van der Waals surface area contributed by atoms with Crippen LogP contribution in [0.3, 0.4) is 0 Å². The molecule has 0 radical (unpaired) electrons. The number of rotatable bonds is 7. The van der Waals surface area contributed by atoms with Crippen molar-refractivity contribution in [3.63, 3.8) is 0 Å². The van der Waals surface area contributed by atoms with Gasteiger partial charge in [0, 0.05) is 5.39 Å². The first-order valence-corrected chi connectivity index (χ1v) is 9.98. The number of hydrogen-bond donors (Lipinski definition) is 0. The van der Waals surface area contributed by atoms with Crippen molar-refractivity contribution in [3.05, 3.63) is 48.3 Å². The molecule has 0 aliphatic heterocycles. The maximum atomic E-state index is 14.3. The maximum Gasteiger partial charge on any atom is 0.387 e. The fraction of sp³-hybridized carbons (Fsp3) is 0.435. The summed E-state index contributed by atoms with van der Waals surface area (Å²) in [5.74, 6) is -0.792. The number of hydrogen-bond acceptors (Lipinski definition) is 3. The van der Waals surface area contributed by atoms with E-state index in [0.29, 0.717) is 17.1 Å². The molecule has 2 aromatic carbocycles. The third kappa shape index (κ3) is 5.52. The zero-order valence-corrected chi connectivity index (χ0v) is 16.4. The van der Waals surface area contributed by atoms with Gasteiger partial charge < -0.3 is 9.47 Å². The third-order valence-electron chi connectivity index (χ3n) is 5.48. The van der Waals surface area contributed by atoms with Crippen LogP contribution in [0, 0.1) is 17.7 Å². The summed E-state index contributed by atoms with van der Waals surface area (Å²) in [5.41, 5.74) is 0. The van der Waals surface area contributed by atoms with Crippen molar-refractivity contribution in [1.29, 1.82) is 0 Å². The number of carbonyl (C=O) groups excluding carboxylic acids is 1. The van der Waals surface area contributed by atoms with Crippen LogP contribution in [0.15, 0.2) is 42.5 Å². The van der Waals surface area contributed by atoms with Gasteiger partial charge in [-0.25, -0.2) is 4.39 Å². The number of allylic oxidation sites excluding steroid dienone is 2. The second-order valence-electron chi connectivity index (χ2n) is 7.42. The lowest BCUT2D eigenvalue weighted by Crippen LogP contribution is -2.25. The van der Waals surface area contributed by atoms with Gasteiger partial charge in [-0.15, -0.1) is 0 Å². The average molecular weight is 406 g/mol. The van der Waals surface area contributed by atoms with Crippen LogP contribution in [0.2, 0.25) is 0 Å². The summed E-state index contributed by atoms with van der Waals surface area (Å²) in [6.45, 7) is -1.08. The van der Waals surface area contributed by atoms with Crippen LogP contribution in [-0.2, 0) is 4.79 Å². The first kappa shape index (κ1) is 21.2. The monoisotopic (exact) mass is 406 g/mol. The van der Waals surface area contributed by atoms with Gasteiger partial charge in [-0.1, -0.05) is 18.2 Å². The Kier molecular flexibility index (Phi) is 7.18. The highest BCUT2D eigenvalue weighted by Gasteiger charge is 2.27. The van der Waals surface area contributed by atoms with Crippen LogP contribution in [0.4, 0.5) is 13.2 Å². The van der Waals surface area contributed by atoms with E-state index in [2.05, 4.69) is 16.9 Å². The highest BCUT2D eigenvalue weighted by molar-refractivity contribution is 5.87. The molecule has 156 valence electrons. The van der Waals surface area contributed by atoms with E-state index >= 15 is 0 Å². The van der Waals surface area contributed by atoms with E-state index in [1.807, 2.05) is 6.92 Å². The Morgan fingerprint density at radius 3 is 2.62 bits per heavy atom. The molecule has 1 fully saturated rings. The lowest BCUT2D eigenvalue weighted by Gasteiger charge is -2.26. The highest BCUT2D eigenvalue weighted by atomic mass is 19.3. The molecule has 0 saturated heterocycles. The molecule has 29 heavy (non-hydrogen) atoms.